The Morgan fingerprint density at radius 3 is 2.48 bits per heavy atom. The summed E-state index contributed by atoms with van der Waals surface area (Å²) >= 11 is 5.63. The van der Waals surface area contributed by atoms with Gasteiger partial charge in [0.1, 0.15) is 17.4 Å². The normalized spacial score (nSPS) is 11.8. The van der Waals surface area contributed by atoms with Crippen LogP contribution in [-0.2, 0) is 4.79 Å². The molecule has 21 heavy (non-hydrogen) atoms. The van der Waals surface area contributed by atoms with Crippen LogP contribution in [0, 0.1) is 11.6 Å². The van der Waals surface area contributed by atoms with Crippen LogP contribution in [-0.4, -0.2) is 12.0 Å². The largest absolute Gasteiger partial charge is 0.481 e. The first-order chi connectivity index (χ1) is 9.95. The maximum atomic E-state index is 13.0. The number of hydrogen-bond donors (Lipinski definition) is 1. The number of halogens is 3. The number of anilines is 1. The van der Waals surface area contributed by atoms with Crippen LogP contribution in [0.25, 0.3) is 0 Å². The maximum Gasteiger partial charge on any atom is 0.265 e. The molecule has 0 aliphatic carbocycles. The topological polar surface area (TPSA) is 38.3 Å². The van der Waals surface area contributed by atoms with Gasteiger partial charge in [-0.25, -0.2) is 8.78 Å². The van der Waals surface area contributed by atoms with Gasteiger partial charge in [-0.2, -0.15) is 0 Å². The first kappa shape index (κ1) is 15.3. The van der Waals surface area contributed by atoms with Crippen molar-refractivity contribution in [3.63, 3.8) is 0 Å². The predicted octanol–water partition coefficient (Wildman–Crippen LogP) is 4.02. The summed E-state index contributed by atoms with van der Waals surface area (Å²) in [6.45, 7) is 1.55. The molecule has 0 saturated heterocycles. The van der Waals surface area contributed by atoms with Crippen molar-refractivity contribution in [2.24, 2.45) is 0 Å². The molecule has 2 rings (SSSR count). The Kier molecular flexibility index (Phi) is 4.75. The number of nitrogens with one attached hydrogen (secondary N) is 1. The first-order valence-corrected chi connectivity index (χ1v) is 6.51. The van der Waals surface area contributed by atoms with Crippen LogP contribution in [0.5, 0.6) is 5.75 Å². The highest BCUT2D eigenvalue weighted by Gasteiger charge is 2.15. The Labute approximate surface area is 125 Å². The summed E-state index contributed by atoms with van der Waals surface area (Å²) in [5.74, 6) is -1.01. The first-order valence-electron chi connectivity index (χ1n) is 6.14. The van der Waals surface area contributed by atoms with Crippen LogP contribution < -0.4 is 10.1 Å². The molecular formula is C15H12ClF2NO2. The molecule has 1 atom stereocenters. The monoisotopic (exact) mass is 311 g/mol. The molecule has 6 heteroatoms. The minimum absolute atomic E-state index is 0.0834. The molecule has 110 valence electrons. The van der Waals surface area contributed by atoms with Crippen molar-refractivity contribution in [2.45, 2.75) is 13.0 Å². The summed E-state index contributed by atoms with van der Waals surface area (Å²) in [7, 11) is 0. The lowest BCUT2D eigenvalue weighted by Gasteiger charge is -2.15. The molecule has 1 N–H and O–H groups in total. The molecule has 0 radical (unpaired) electrons. The van der Waals surface area contributed by atoms with Gasteiger partial charge in [-0.15, -0.1) is 0 Å². The predicted molar refractivity (Wildman–Crippen MR) is 76.5 cm³/mol. The number of ether oxygens (including phenoxy) is 1. The number of amides is 1. The lowest BCUT2D eigenvalue weighted by Crippen LogP contribution is -2.30. The van der Waals surface area contributed by atoms with Crippen LogP contribution in [0.1, 0.15) is 6.92 Å². The van der Waals surface area contributed by atoms with E-state index in [-0.39, 0.29) is 10.8 Å². The lowest BCUT2D eigenvalue weighted by atomic mass is 10.3. The Morgan fingerprint density at radius 1 is 1.19 bits per heavy atom. The van der Waals surface area contributed by atoms with E-state index in [0.29, 0.717) is 11.4 Å². The van der Waals surface area contributed by atoms with Gasteiger partial charge in [0.2, 0.25) is 0 Å². The fourth-order valence-electron chi connectivity index (χ4n) is 1.59. The van der Waals surface area contributed by atoms with E-state index < -0.39 is 17.8 Å². The molecule has 0 heterocycles. The van der Waals surface area contributed by atoms with Gasteiger partial charge in [0.15, 0.2) is 6.10 Å². The van der Waals surface area contributed by atoms with Gasteiger partial charge in [0, 0.05) is 5.69 Å². The molecule has 0 spiro atoms. The van der Waals surface area contributed by atoms with E-state index in [9.17, 15) is 13.6 Å². The molecule has 3 nitrogen and oxygen atoms in total. The van der Waals surface area contributed by atoms with Gasteiger partial charge in [0.05, 0.1) is 5.02 Å². The number of carbonyl (C=O) groups is 1. The minimum atomic E-state index is -0.806. The van der Waals surface area contributed by atoms with Crippen molar-refractivity contribution in [1.29, 1.82) is 0 Å². The van der Waals surface area contributed by atoms with Gasteiger partial charge in [-0.1, -0.05) is 11.6 Å². The van der Waals surface area contributed by atoms with Crippen molar-refractivity contribution >= 4 is 23.2 Å². The summed E-state index contributed by atoms with van der Waals surface area (Å²) in [5, 5.41) is 2.47. The van der Waals surface area contributed by atoms with Gasteiger partial charge in [-0.3, -0.25) is 4.79 Å². The highest BCUT2D eigenvalue weighted by molar-refractivity contribution is 6.31. The van der Waals surface area contributed by atoms with Crippen molar-refractivity contribution in [2.75, 3.05) is 5.32 Å². The SMILES string of the molecule is C[C@@H](Oc1ccc(F)cc1)C(=O)Nc1ccc(F)c(Cl)c1. The van der Waals surface area contributed by atoms with Crippen LogP contribution >= 0.6 is 11.6 Å². The van der Waals surface area contributed by atoms with E-state index in [1.54, 1.807) is 6.92 Å². The summed E-state index contributed by atoms with van der Waals surface area (Å²) in [6.07, 6.45) is -0.806. The van der Waals surface area contributed by atoms with E-state index in [4.69, 9.17) is 16.3 Å². The van der Waals surface area contributed by atoms with Gasteiger partial charge in [0.25, 0.3) is 5.91 Å². The van der Waals surface area contributed by atoms with Crippen LogP contribution in [0.4, 0.5) is 14.5 Å². The van der Waals surface area contributed by atoms with Gasteiger partial charge in [-0.05, 0) is 49.4 Å². The molecule has 0 aromatic heterocycles. The highest BCUT2D eigenvalue weighted by Crippen LogP contribution is 2.20. The summed E-state index contributed by atoms with van der Waals surface area (Å²) in [4.78, 5) is 11.9. The Hall–Kier alpha value is -2.14. The van der Waals surface area contributed by atoms with Crippen LogP contribution in [0.2, 0.25) is 5.02 Å². The average Bonchev–Trinajstić information content (AvgIpc) is 2.45. The van der Waals surface area contributed by atoms with Crippen molar-refractivity contribution in [1.82, 2.24) is 0 Å². The molecule has 1 amide bonds. The molecule has 0 unspecified atom stereocenters. The Morgan fingerprint density at radius 2 is 1.86 bits per heavy atom. The van der Waals surface area contributed by atoms with E-state index in [2.05, 4.69) is 5.32 Å². The van der Waals surface area contributed by atoms with Gasteiger partial charge >= 0.3 is 0 Å². The number of hydrogen-bond acceptors (Lipinski definition) is 2. The second-order valence-corrected chi connectivity index (χ2v) is 4.74. The fourth-order valence-corrected chi connectivity index (χ4v) is 1.77. The molecule has 2 aromatic carbocycles. The van der Waals surface area contributed by atoms with E-state index in [1.807, 2.05) is 0 Å². The smallest absolute Gasteiger partial charge is 0.265 e. The van der Waals surface area contributed by atoms with Crippen molar-refractivity contribution in [3.8, 4) is 5.75 Å². The Balaban J connectivity index is 1.98. The molecule has 0 aliphatic rings. The minimum Gasteiger partial charge on any atom is -0.481 e. The standard InChI is InChI=1S/C15H12ClF2NO2/c1-9(21-12-5-2-10(17)3-6-12)15(20)19-11-4-7-14(18)13(16)8-11/h2-9H,1H3,(H,19,20)/t9-/m1/s1. The number of rotatable bonds is 4. The van der Waals surface area contributed by atoms with E-state index >= 15 is 0 Å². The third-order valence-electron chi connectivity index (χ3n) is 2.68. The fraction of sp³-hybridized carbons (Fsp3) is 0.133. The molecule has 0 saturated carbocycles. The molecular weight excluding hydrogens is 300 g/mol. The quantitative estimate of drug-likeness (QED) is 0.926. The molecule has 0 fully saturated rings. The zero-order valence-corrected chi connectivity index (χ0v) is 11.8. The molecule has 0 aliphatic heterocycles. The number of benzene rings is 2. The van der Waals surface area contributed by atoms with Gasteiger partial charge < -0.3 is 10.1 Å². The third kappa shape index (κ3) is 4.16. The van der Waals surface area contributed by atoms with Crippen molar-refractivity contribution in [3.05, 3.63) is 59.1 Å². The van der Waals surface area contributed by atoms with Crippen LogP contribution in [0.3, 0.4) is 0 Å². The summed E-state index contributed by atoms with van der Waals surface area (Å²) in [6, 6.07) is 9.17. The maximum absolute atomic E-state index is 13.0. The van der Waals surface area contributed by atoms with Crippen molar-refractivity contribution < 1.29 is 18.3 Å². The average molecular weight is 312 g/mol. The van der Waals surface area contributed by atoms with E-state index in [0.717, 1.165) is 6.07 Å². The third-order valence-corrected chi connectivity index (χ3v) is 2.97. The lowest BCUT2D eigenvalue weighted by molar-refractivity contribution is -0.122. The zero-order valence-electron chi connectivity index (χ0n) is 11.1. The zero-order chi connectivity index (χ0) is 15.4. The second-order valence-electron chi connectivity index (χ2n) is 4.33. The molecule has 0 bridgehead atoms. The number of carbonyl (C=O) groups excluding carboxylic acids is 1. The summed E-state index contributed by atoms with van der Waals surface area (Å²) in [5.41, 5.74) is 0.362. The summed E-state index contributed by atoms with van der Waals surface area (Å²) < 4.78 is 31.1. The molecule has 2 aromatic rings. The van der Waals surface area contributed by atoms with Crippen LogP contribution in [0.15, 0.2) is 42.5 Å². The van der Waals surface area contributed by atoms with E-state index in [1.165, 1.54) is 36.4 Å². The Bertz CT molecular complexity index is 647. The second kappa shape index (κ2) is 6.54. The highest BCUT2D eigenvalue weighted by atomic mass is 35.5.